The Morgan fingerprint density at radius 1 is 1.13 bits per heavy atom. The van der Waals surface area contributed by atoms with Gasteiger partial charge in [-0.15, -0.1) is 0 Å². The predicted octanol–water partition coefficient (Wildman–Crippen LogP) is 3.34. The molecule has 0 bridgehead atoms. The van der Waals surface area contributed by atoms with Crippen molar-refractivity contribution in [3.05, 3.63) is 59.8 Å². The Hall–Kier alpha value is -2.97. The van der Waals surface area contributed by atoms with Crippen LogP contribution >= 0.6 is 0 Å². The molecule has 0 aliphatic carbocycles. The third kappa shape index (κ3) is 3.42. The molecule has 154 valence electrons. The molecule has 0 saturated carbocycles. The van der Waals surface area contributed by atoms with E-state index in [0.717, 1.165) is 46.3 Å². The lowest BCUT2D eigenvalue weighted by Crippen LogP contribution is -2.26. The van der Waals surface area contributed by atoms with E-state index < -0.39 is 0 Å². The maximum absolute atomic E-state index is 14.1. The molecule has 3 aromatic heterocycles. The summed E-state index contributed by atoms with van der Waals surface area (Å²) < 4.78 is 22.1. The third-order valence-electron chi connectivity index (χ3n) is 5.63. The first kappa shape index (κ1) is 19.0. The van der Waals surface area contributed by atoms with Crippen LogP contribution in [-0.2, 0) is 17.8 Å². The third-order valence-corrected chi connectivity index (χ3v) is 5.63. The van der Waals surface area contributed by atoms with Crippen LogP contribution in [0.1, 0.15) is 43.0 Å². The summed E-state index contributed by atoms with van der Waals surface area (Å²) in [5, 5.41) is 9.96. The van der Waals surface area contributed by atoms with E-state index in [1.807, 2.05) is 0 Å². The first-order valence-corrected chi connectivity index (χ1v) is 10.1. The Balaban J connectivity index is 1.69. The number of benzene rings is 1. The molecule has 0 radical (unpaired) electrons. The minimum absolute atomic E-state index is 0.141. The van der Waals surface area contributed by atoms with Crippen molar-refractivity contribution >= 4 is 21.9 Å². The van der Waals surface area contributed by atoms with Gasteiger partial charge < -0.3 is 14.4 Å². The van der Waals surface area contributed by atoms with E-state index in [1.165, 1.54) is 12.1 Å². The smallest absolute Gasteiger partial charge is 0.124 e. The molecular weight excluding hydrogens is 385 g/mol. The molecule has 7 nitrogen and oxygen atoms in total. The van der Waals surface area contributed by atoms with Crippen LogP contribution in [0.25, 0.3) is 21.9 Å². The SMILES string of the molecule is C[C@@H]1C[C@H](n2c(Cc3cnc(CO)cn3)nc3cnc4ccc(F)cc4c32)CCO1. The summed E-state index contributed by atoms with van der Waals surface area (Å²) >= 11 is 0. The van der Waals surface area contributed by atoms with Crippen molar-refractivity contribution in [2.45, 2.75) is 44.9 Å². The number of rotatable bonds is 4. The van der Waals surface area contributed by atoms with Crippen molar-refractivity contribution in [1.29, 1.82) is 0 Å². The highest BCUT2D eigenvalue weighted by Crippen LogP contribution is 2.34. The number of halogens is 1. The minimum atomic E-state index is -0.295. The molecular formula is C22H22FN5O2. The zero-order valence-electron chi connectivity index (χ0n) is 16.6. The van der Waals surface area contributed by atoms with Crippen LogP contribution < -0.4 is 0 Å². The standard InChI is InChI=1S/C22H22FN5O2/c1-13-6-17(4-5-30-13)28-21(8-15-9-25-16(12-29)10-24-15)27-20-11-26-19-3-2-14(23)7-18(19)22(20)28/h2-3,7,9-11,13,17,29H,4-6,8,12H2,1H3/t13-,17-/m1/s1. The maximum Gasteiger partial charge on any atom is 0.124 e. The number of aliphatic hydroxyl groups is 1. The number of ether oxygens (including phenoxy) is 1. The molecule has 1 aliphatic rings. The molecule has 5 rings (SSSR count). The average molecular weight is 407 g/mol. The lowest BCUT2D eigenvalue weighted by Gasteiger charge is -2.30. The van der Waals surface area contributed by atoms with Crippen molar-refractivity contribution in [3.63, 3.8) is 0 Å². The van der Waals surface area contributed by atoms with Gasteiger partial charge in [0.05, 0.1) is 47.5 Å². The van der Waals surface area contributed by atoms with Crippen molar-refractivity contribution in [2.24, 2.45) is 0 Å². The highest BCUT2D eigenvalue weighted by molar-refractivity contribution is 6.02. The fourth-order valence-corrected chi connectivity index (χ4v) is 4.24. The second kappa shape index (κ2) is 7.70. The van der Waals surface area contributed by atoms with E-state index >= 15 is 0 Å². The minimum Gasteiger partial charge on any atom is -0.390 e. The van der Waals surface area contributed by atoms with Crippen LogP contribution in [0.5, 0.6) is 0 Å². The van der Waals surface area contributed by atoms with E-state index in [2.05, 4.69) is 26.4 Å². The Morgan fingerprint density at radius 3 is 2.73 bits per heavy atom. The number of nitrogens with zero attached hydrogens (tertiary/aromatic N) is 5. The highest BCUT2D eigenvalue weighted by atomic mass is 19.1. The molecule has 8 heteroatoms. The summed E-state index contributed by atoms with van der Waals surface area (Å²) in [4.78, 5) is 18.0. The second-order valence-corrected chi connectivity index (χ2v) is 7.75. The van der Waals surface area contributed by atoms with Crippen molar-refractivity contribution in [3.8, 4) is 0 Å². The molecule has 0 unspecified atom stereocenters. The van der Waals surface area contributed by atoms with Gasteiger partial charge in [-0.05, 0) is 38.0 Å². The number of pyridine rings is 1. The van der Waals surface area contributed by atoms with E-state index in [0.29, 0.717) is 18.7 Å². The molecule has 0 amide bonds. The molecule has 0 spiro atoms. The van der Waals surface area contributed by atoms with E-state index in [9.17, 15) is 9.50 Å². The first-order chi connectivity index (χ1) is 14.6. The Morgan fingerprint density at radius 2 is 1.97 bits per heavy atom. The lowest BCUT2D eigenvalue weighted by molar-refractivity contribution is 0.00630. The number of aliphatic hydroxyl groups excluding tert-OH is 1. The van der Waals surface area contributed by atoms with Crippen LogP contribution in [0, 0.1) is 5.82 Å². The fourth-order valence-electron chi connectivity index (χ4n) is 4.24. The van der Waals surface area contributed by atoms with Gasteiger partial charge in [0.15, 0.2) is 0 Å². The molecule has 30 heavy (non-hydrogen) atoms. The van der Waals surface area contributed by atoms with Gasteiger partial charge in [0, 0.05) is 30.7 Å². The molecule has 4 aromatic rings. The Labute approximate surface area is 172 Å². The molecule has 1 saturated heterocycles. The highest BCUT2D eigenvalue weighted by Gasteiger charge is 2.26. The number of hydrogen-bond donors (Lipinski definition) is 1. The van der Waals surface area contributed by atoms with Crippen LogP contribution in [0.4, 0.5) is 4.39 Å². The zero-order valence-corrected chi connectivity index (χ0v) is 16.6. The van der Waals surface area contributed by atoms with Crippen molar-refractivity contribution in [2.75, 3.05) is 6.61 Å². The van der Waals surface area contributed by atoms with E-state index in [-0.39, 0.29) is 24.6 Å². The van der Waals surface area contributed by atoms with Gasteiger partial charge in [-0.1, -0.05) is 0 Å². The van der Waals surface area contributed by atoms with Gasteiger partial charge in [0.25, 0.3) is 0 Å². The normalized spacial score (nSPS) is 19.6. The first-order valence-electron chi connectivity index (χ1n) is 10.1. The Bertz CT molecular complexity index is 1210. The molecule has 1 N–H and O–H groups in total. The monoisotopic (exact) mass is 407 g/mol. The summed E-state index contributed by atoms with van der Waals surface area (Å²) in [6, 6.07) is 4.85. The van der Waals surface area contributed by atoms with Gasteiger partial charge >= 0.3 is 0 Å². The van der Waals surface area contributed by atoms with E-state index in [4.69, 9.17) is 9.72 Å². The van der Waals surface area contributed by atoms with Gasteiger partial charge in [0.2, 0.25) is 0 Å². The average Bonchev–Trinajstić information content (AvgIpc) is 3.12. The fraction of sp³-hybridized carbons (Fsp3) is 0.364. The van der Waals surface area contributed by atoms with Crippen molar-refractivity contribution in [1.82, 2.24) is 24.5 Å². The van der Waals surface area contributed by atoms with Gasteiger partial charge in [-0.2, -0.15) is 0 Å². The molecule has 2 atom stereocenters. The Kier molecular flexibility index (Phi) is 4.88. The quantitative estimate of drug-likeness (QED) is 0.558. The zero-order chi connectivity index (χ0) is 20.7. The summed E-state index contributed by atoms with van der Waals surface area (Å²) in [7, 11) is 0. The summed E-state index contributed by atoms with van der Waals surface area (Å²) in [5.74, 6) is 0.547. The van der Waals surface area contributed by atoms with Crippen LogP contribution in [0.2, 0.25) is 0 Å². The second-order valence-electron chi connectivity index (χ2n) is 7.75. The number of aromatic nitrogens is 5. The van der Waals surface area contributed by atoms with Gasteiger partial charge in [0.1, 0.15) is 17.2 Å². The van der Waals surface area contributed by atoms with E-state index in [1.54, 1.807) is 24.7 Å². The summed E-state index contributed by atoms with van der Waals surface area (Å²) in [5.41, 5.74) is 3.66. The molecule has 1 aromatic carbocycles. The largest absolute Gasteiger partial charge is 0.390 e. The van der Waals surface area contributed by atoms with Crippen LogP contribution in [0.15, 0.2) is 36.8 Å². The topological polar surface area (TPSA) is 86.0 Å². The number of fused-ring (bicyclic) bond motifs is 3. The van der Waals surface area contributed by atoms with Gasteiger partial charge in [-0.3, -0.25) is 15.0 Å². The lowest BCUT2D eigenvalue weighted by atomic mass is 10.0. The van der Waals surface area contributed by atoms with Crippen molar-refractivity contribution < 1.29 is 14.2 Å². The number of imidazole rings is 1. The summed E-state index contributed by atoms with van der Waals surface area (Å²) in [6.07, 6.45) is 7.32. The molecule has 1 fully saturated rings. The van der Waals surface area contributed by atoms with Gasteiger partial charge in [-0.25, -0.2) is 9.37 Å². The molecule has 4 heterocycles. The molecule has 1 aliphatic heterocycles. The summed E-state index contributed by atoms with van der Waals surface area (Å²) in [6.45, 7) is 2.60. The maximum atomic E-state index is 14.1. The predicted molar refractivity (Wildman–Crippen MR) is 109 cm³/mol. The van der Waals surface area contributed by atoms with Crippen LogP contribution in [0.3, 0.4) is 0 Å². The number of hydrogen-bond acceptors (Lipinski definition) is 6. The van der Waals surface area contributed by atoms with Crippen LogP contribution in [-0.4, -0.2) is 42.3 Å².